The van der Waals surface area contributed by atoms with Crippen molar-refractivity contribution >= 4 is 28.4 Å². The van der Waals surface area contributed by atoms with E-state index in [1.807, 2.05) is 23.1 Å². The predicted octanol–water partition coefficient (Wildman–Crippen LogP) is 4.33. The molecule has 30 heavy (non-hydrogen) atoms. The largest absolute Gasteiger partial charge is 0.495 e. The third-order valence-electron chi connectivity index (χ3n) is 5.84. The fourth-order valence-electron chi connectivity index (χ4n) is 4.46. The van der Waals surface area contributed by atoms with Crippen molar-refractivity contribution in [1.82, 2.24) is 14.8 Å². The Labute approximate surface area is 184 Å². The zero-order chi connectivity index (χ0) is 21.7. The lowest BCUT2D eigenvalue weighted by Crippen LogP contribution is -2.52. The number of carbonyl (C=O) groups is 1. The average molecular weight is 436 g/mol. The van der Waals surface area contributed by atoms with Crippen LogP contribution in [0.3, 0.4) is 0 Å². The maximum absolute atomic E-state index is 13.9. The van der Waals surface area contributed by atoms with Crippen LogP contribution in [-0.4, -0.2) is 61.4 Å². The van der Waals surface area contributed by atoms with Gasteiger partial charge in [-0.25, -0.2) is 0 Å². The summed E-state index contributed by atoms with van der Waals surface area (Å²) in [6.07, 6.45) is 3.88. The molecule has 2 heterocycles. The molecule has 0 unspecified atom stereocenters. The number of nitrogens with zero attached hydrogens (tertiary/aromatic N) is 2. The van der Waals surface area contributed by atoms with Crippen molar-refractivity contribution in [3.8, 4) is 5.75 Å². The highest BCUT2D eigenvalue weighted by Crippen LogP contribution is 2.37. The second kappa shape index (κ2) is 10.5. The summed E-state index contributed by atoms with van der Waals surface area (Å²) in [4.78, 5) is 15.9. The van der Waals surface area contributed by atoms with Crippen LogP contribution in [0.15, 0.2) is 18.2 Å². The van der Waals surface area contributed by atoms with Gasteiger partial charge >= 0.3 is 0 Å². The third-order valence-corrected chi connectivity index (χ3v) is 6.22. The number of hydrogen-bond donors (Lipinski definition) is 1. The van der Waals surface area contributed by atoms with E-state index in [-0.39, 0.29) is 18.0 Å². The fourth-order valence-corrected chi connectivity index (χ4v) is 4.80. The summed E-state index contributed by atoms with van der Waals surface area (Å²) in [5, 5.41) is 4.80. The van der Waals surface area contributed by atoms with E-state index in [0.717, 1.165) is 55.4 Å². The van der Waals surface area contributed by atoms with Gasteiger partial charge < -0.3 is 24.3 Å². The van der Waals surface area contributed by atoms with Gasteiger partial charge in [-0.3, -0.25) is 4.79 Å². The molecule has 1 saturated heterocycles. The number of rotatable bonds is 9. The molecule has 0 bridgehead atoms. The van der Waals surface area contributed by atoms with Gasteiger partial charge in [0.15, 0.2) is 0 Å². The second-order valence-electron chi connectivity index (χ2n) is 8.18. The molecule has 0 radical (unpaired) electrons. The van der Waals surface area contributed by atoms with Crippen molar-refractivity contribution < 1.29 is 14.3 Å². The first-order valence-electron chi connectivity index (χ1n) is 10.9. The van der Waals surface area contributed by atoms with Crippen LogP contribution in [0.25, 0.3) is 10.9 Å². The van der Waals surface area contributed by atoms with Crippen molar-refractivity contribution in [3.63, 3.8) is 0 Å². The minimum absolute atomic E-state index is 0.00584. The number of piperidine rings is 1. The van der Waals surface area contributed by atoms with Gasteiger partial charge in [-0.05, 0) is 52.1 Å². The van der Waals surface area contributed by atoms with Crippen LogP contribution in [-0.2, 0) is 11.3 Å². The zero-order valence-electron chi connectivity index (χ0n) is 18.5. The lowest BCUT2D eigenvalue weighted by atomic mass is 10.0. The number of hydrogen-bond acceptors (Lipinski definition) is 4. The Morgan fingerprint density at radius 1 is 1.33 bits per heavy atom. The molecule has 2 aromatic rings. The molecule has 1 amide bonds. The number of aryl methyl sites for hydroxylation is 1. The quantitative estimate of drug-likeness (QED) is 0.595. The van der Waals surface area contributed by atoms with Gasteiger partial charge in [0.1, 0.15) is 11.4 Å². The van der Waals surface area contributed by atoms with Crippen LogP contribution in [0, 0.1) is 0 Å². The molecule has 3 rings (SSSR count). The molecule has 1 fully saturated rings. The Bertz CT molecular complexity index is 859. The Morgan fingerprint density at radius 3 is 2.77 bits per heavy atom. The molecule has 0 aliphatic carbocycles. The molecule has 166 valence electrons. The Hall–Kier alpha value is -1.76. The summed E-state index contributed by atoms with van der Waals surface area (Å²) in [7, 11) is 3.36. The highest BCUT2D eigenvalue weighted by Gasteiger charge is 2.33. The number of para-hydroxylation sites is 1. The number of fused-ring (bicyclic) bond motifs is 1. The van der Waals surface area contributed by atoms with E-state index in [2.05, 4.69) is 23.7 Å². The van der Waals surface area contributed by atoms with Crippen molar-refractivity contribution in [2.24, 2.45) is 0 Å². The molecule has 1 aromatic heterocycles. The molecule has 0 saturated carbocycles. The standard InChI is InChI=1S/C23H34ClN3O3/c1-16(2)27(17-9-8-12-25-15-17)23(28)22-20(24)18-10-7-11-19(30-4)21(18)26(22)13-5-6-14-29-3/h7,10-11,16-17,25H,5-6,8-9,12-15H2,1-4H3/t17-/m1/s1. The van der Waals surface area contributed by atoms with Crippen LogP contribution in [0.2, 0.25) is 5.02 Å². The smallest absolute Gasteiger partial charge is 0.272 e. The second-order valence-corrected chi connectivity index (χ2v) is 8.55. The van der Waals surface area contributed by atoms with E-state index in [0.29, 0.717) is 23.9 Å². The first-order valence-corrected chi connectivity index (χ1v) is 11.3. The zero-order valence-corrected chi connectivity index (χ0v) is 19.3. The van der Waals surface area contributed by atoms with E-state index in [9.17, 15) is 4.79 Å². The number of unbranched alkanes of at least 4 members (excludes halogenated alkanes) is 1. The Balaban J connectivity index is 2.07. The van der Waals surface area contributed by atoms with Crippen LogP contribution < -0.4 is 10.1 Å². The summed E-state index contributed by atoms with van der Waals surface area (Å²) in [5.41, 5.74) is 1.45. The van der Waals surface area contributed by atoms with Crippen LogP contribution in [0.5, 0.6) is 5.75 Å². The molecular formula is C23H34ClN3O3. The SMILES string of the molecule is COCCCCn1c(C(=O)N(C(C)C)[C@@H]2CCCNC2)c(Cl)c2cccc(OC)c21. The Morgan fingerprint density at radius 2 is 2.13 bits per heavy atom. The van der Waals surface area contributed by atoms with Gasteiger partial charge in [0, 0.05) is 44.3 Å². The number of aromatic nitrogens is 1. The molecule has 1 N–H and O–H groups in total. The fraction of sp³-hybridized carbons (Fsp3) is 0.609. The van der Waals surface area contributed by atoms with E-state index in [4.69, 9.17) is 21.1 Å². The maximum Gasteiger partial charge on any atom is 0.272 e. The molecule has 1 aromatic carbocycles. The number of benzene rings is 1. The van der Waals surface area contributed by atoms with Gasteiger partial charge in [-0.1, -0.05) is 23.7 Å². The number of methoxy groups -OCH3 is 2. The predicted molar refractivity (Wildman–Crippen MR) is 122 cm³/mol. The summed E-state index contributed by atoms with van der Waals surface area (Å²) in [5.74, 6) is 0.726. The lowest BCUT2D eigenvalue weighted by Gasteiger charge is -2.38. The molecular weight excluding hydrogens is 402 g/mol. The van der Waals surface area contributed by atoms with Crippen molar-refractivity contribution in [3.05, 3.63) is 28.9 Å². The van der Waals surface area contributed by atoms with Crippen molar-refractivity contribution in [1.29, 1.82) is 0 Å². The van der Waals surface area contributed by atoms with Gasteiger partial charge in [0.2, 0.25) is 0 Å². The average Bonchev–Trinajstić information content (AvgIpc) is 3.03. The number of halogens is 1. The van der Waals surface area contributed by atoms with Gasteiger partial charge in [0.05, 0.1) is 17.6 Å². The Kier molecular flexibility index (Phi) is 8.03. The monoisotopic (exact) mass is 435 g/mol. The van der Waals surface area contributed by atoms with E-state index in [1.54, 1.807) is 14.2 Å². The number of ether oxygens (including phenoxy) is 2. The highest BCUT2D eigenvalue weighted by atomic mass is 35.5. The molecule has 1 atom stereocenters. The van der Waals surface area contributed by atoms with Gasteiger partial charge in [0.25, 0.3) is 5.91 Å². The number of carbonyl (C=O) groups excluding carboxylic acids is 1. The first kappa shape index (κ1) is 22.9. The van der Waals surface area contributed by atoms with Crippen molar-refractivity contribution in [2.75, 3.05) is 33.9 Å². The number of amides is 1. The molecule has 1 aliphatic rings. The minimum atomic E-state index is -0.00584. The summed E-state index contributed by atoms with van der Waals surface area (Å²) >= 11 is 6.85. The van der Waals surface area contributed by atoms with Gasteiger partial charge in [-0.2, -0.15) is 0 Å². The van der Waals surface area contributed by atoms with Crippen LogP contribution >= 0.6 is 11.6 Å². The lowest BCUT2D eigenvalue weighted by molar-refractivity contribution is 0.0562. The van der Waals surface area contributed by atoms with Crippen molar-refractivity contribution in [2.45, 2.75) is 58.2 Å². The van der Waals surface area contributed by atoms with Crippen LogP contribution in [0.1, 0.15) is 50.0 Å². The van der Waals surface area contributed by atoms with Gasteiger partial charge in [-0.15, -0.1) is 0 Å². The maximum atomic E-state index is 13.9. The highest BCUT2D eigenvalue weighted by molar-refractivity contribution is 6.39. The third kappa shape index (κ3) is 4.61. The molecule has 6 nitrogen and oxygen atoms in total. The normalized spacial score (nSPS) is 16.9. The van der Waals surface area contributed by atoms with Crippen LogP contribution in [0.4, 0.5) is 0 Å². The van der Waals surface area contributed by atoms with E-state index >= 15 is 0 Å². The summed E-state index contributed by atoms with van der Waals surface area (Å²) < 4.78 is 12.9. The first-order chi connectivity index (χ1) is 14.5. The minimum Gasteiger partial charge on any atom is -0.495 e. The summed E-state index contributed by atoms with van der Waals surface area (Å²) in [6.45, 7) is 7.36. The molecule has 7 heteroatoms. The molecule has 1 aliphatic heterocycles. The van der Waals surface area contributed by atoms with E-state index < -0.39 is 0 Å². The summed E-state index contributed by atoms with van der Waals surface area (Å²) in [6, 6.07) is 6.06. The van der Waals surface area contributed by atoms with E-state index in [1.165, 1.54) is 0 Å². The number of nitrogens with one attached hydrogen (secondary N) is 1. The topological polar surface area (TPSA) is 55.7 Å². The molecule has 0 spiro atoms.